The molecule has 3 aromatic heterocycles. The normalized spacial score (nSPS) is 12.9. The molecule has 1 atom stereocenters. The number of benzene rings is 1. The lowest BCUT2D eigenvalue weighted by Gasteiger charge is -2.09. The van der Waals surface area contributed by atoms with Gasteiger partial charge in [-0.2, -0.15) is 0 Å². The number of ether oxygens (including phenoxy) is 1. The number of halogens is 1. The summed E-state index contributed by atoms with van der Waals surface area (Å²) >= 11 is 0. The first-order chi connectivity index (χ1) is 16.3. The standard InChI is InChI=1S/C22H20FN4O6P/c1-30-34(28,29)31-14-27-10-2-3-19(22(27)24)20-12-17(26-33-20)11-15-4-9-21(25-13-15)32-18-7-5-16(23)6-8-18/h2-10,12-13,24H,11,14H2,1H3,(H,28,29)/p+1. The number of hydrogen-bond donors (Lipinski definition) is 2. The van der Waals surface area contributed by atoms with E-state index in [9.17, 15) is 13.8 Å². The zero-order chi connectivity index (χ0) is 24.1. The molecule has 0 aliphatic rings. The minimum Gasteiger partial charge on any atom is -0.439 e. The Morgan fingerprint density at radius 3 is 2.71 bits per heavy atom. The van der Waals surface area contributed by atoms with E-state index in [0.717, 1.165) is 12.7 Å². The number of aromatic nitrogens is 3. The Bertz CT molecular complexity index is 1310. The summed E-state index contributed by atoms with van der Waals surface area (Å²) in [6.45, 7) is -0.291. The van der Waals surface area contributed by atoms with Gasteiger partial charge in [0.25, 0.3) is 5.82 Å². The summed E-state index contributed by atoms with van der Waals surface area (Å²) in [6, 6.07) is 14.4. The van der Waals surface area contributed by atoms with Gasteiger partial charge in [0.1, 0.15) is 17.1 Å². The number of anilines is 1. The summed E-state index contributed by atoms with van der Waals surface area (Å²) < 4.78 is 46.3. The predicted octanol–water partition coefficient (Wildman–Crippen LogP) is 3.85. The molecule has 0 bridgehead atoms. The van der Waals surface area contributed by atoms with Crippen molar-refractivity contribution in [2.24, 2.45) is 0 Å². The smallest absolute Gasteiger partial charge is 0.439 e. The maximum Gasteiger partial charge on any atom is 0.475 e. The molecule has 0 amide bonds. The molecule has 34 heavy (non-hydrogen) atoms. The van der Waals surface area contributed by atoms with Crippen molar-refractivity contribution in [3.8, 4) is 23.0 Å². The molecule has 176 valence electrons. The first-order valence-corrected chi connectivity index (χ1v) is 11.5. The third-order valence-corrected chi connectivity index (χ3v) is 5.65. The van der Waals surface area contributed by atoms with Crippen LogP contribution in [0.3, 0.4) is 0 Å². The van der Waals surface area contributed by atoms with Gasteiger partial charge in [0, 0.05) is 31.9 Å². The number of hydrogen-bond acceptors (Lipinski definition) is 8. The molecule has 1 aromatic carbocycles. The molecule has 0 saturated heterocycles. The van der Waals surface area contributed by atoms with Gasteiger partial charge in [0.05, 0.1) is 11.9 Å². The van der Waals surface area contributed by atoms with Crippen LogP contribution >= 0.6 is 7.82 Å². The summed E-state index contributed by atoms with van der Waals surface area (Å²) in [6.07, 6.45) is 3.69. The van der Waals surface area contributed by atoms with Gasteiger partial charge in [-0.15, -0.1) is 0 Å². The van der Waals surface area contributed by atoms with Gasteiger partial charge in [-0.1, -0.05) is 11.2 Å². The molecule has 0 radical (unpaired) electrons. The summed E-state index contributed by atoms with van der Waals surface area (Å²) in [7, 11) is -3.08. The van der Waals surface area contributed by atoms with Crippen LogP contribution in [0.4, 0.5) is 10.2 Å². The van der Waals surface area contributed by atoms with Crippen LogP contribution in [0.15, 0.2) is 71.5 Å². The number of pyridine rings is 2. The number of phosphoric ester groups is 1. The highest BCUT2D eigenvalue weighted by Crippen LogP contribution is 2.41. The van der Waals surface area contributed by atoms with Crippen LogP contribution in [0.1, 0.15) is 11.3 Å². The SMILES string of the molecule is COP(=O)(O)OC[n+]1cccc(-c2cc(Cc3ccc(Oc4ccc(F)cc4)nc3)no2)c1N. The van der Waals surface area contributed by atoms with Crippen LogP contribution < -0.4 is 15.0 Å². The summed E-state index contributed by atoms with van der Waals surface area (Å²) in [5.74, 6) is 1.19. The third-order valence-electron chi connectivity index (χ3n) is 4.75. The predicted molar refractivity (Wildman–Crippen MR) is 118 cm³/mol. The zero-order valence-corrected chi connectivity index (χ0v) is 18.9. The molecule has 12 heteroatoms. The molecule has 4 rings (SSSR count). The number of phosphoric acid groups is 1. The van der Waals surface area contributed by atoms with E-state index in [2.05, 4.69) is 14.7 Å². The highest BCUT2D eigenvalue weighted by atomic mass is 31.2. The summed E-state index contributed by atoms with van der Waals surface area (Å²) in [5.41, 5.74) is 8.23. The van der Waals surface area contributed by atoms with Gasteiger partial charge < -0.3 is 14.2 Å². The van der Waals surface area contributed by atoms with Crippen molar-refractivity contribution >= 4 is 13.6 Å². The second-order valence-electron chi connectivity index (χ2n) is 7.11. The molecule has 1 unspecified atom stereocenters. The van der Waals surface area contributed by atoms with Crippen LogP contribution in [-0.2, 0) is 26.8 Å². The monoisotopic (exact) mass is 487 g/mol. The lowest BCUT2D eigenvalue weighted by atomic mass is 10.1. The Labute approximate surface area is 194 Å². The highest BCUT2D eigenvalue weighted by Gasteiger charge is 2.22. The first kappa shape index (κ1) is 23.5. The van der Waals surface area contributed by atoms with E-state index in [1.807, 2.05) is 6.07 Å². The van der Waals surface area contributed by atoms with Gasteiger partial charge in [0.15, 0.2) is 5.76 Å². The number of nitrogens with two attached hydrogens (primary N) is 1. The topological polar surface area (TPSA) is 134 Å². The van der Waals surface area contributed by atoms with E-state index in [4.69, 9.17) is 19.5 Å². The first-order valence-electron chi connectivity index (χ1n) is 9.98. The Morgan fingerprint density at radius 1 is 1.21 bits per heavy atom. The average Bonchev–Trinajstić information content (AvgIpc) is 3.29. The molecular weight excluding hydrogens is 466 g/mol. The molecule has 4 aromatic rings. The fourth-order valence-corrected chi connectivity index (χ4v) is 3.38. The molecular formula is C22H21FN4O6P+. The Kier molecular flexibility index (Phi) is 6.99. The van der Waals surface area contributed by atoms with Crippen LogP contribution in [0.5, 0.6) is 11.6 Å². The van der Waals surface area contributed by atoms with Crippen molar-refractivity contribution in [2.45, 2.75) is 13.2 Å². The maximum atomic E-state index is 13.0. The molecule has 0 saturated carbocycles. The lowest BCUT2D eigenvalue weighted by molar-refractivity contribution is -0.711. The average molecular weight is 487 g/mol. The van der Waals surface area contributed by atoms with Crippen molar-refractivity contribution < 1.29 is 36.7 Å². The minimum atomic E-state index is -4.15. The number of nitrogen functional groups attached to an aromatic ring is 1. The van der Waals surface area contributed by atoms with Crippen molar-refractivity contribution in [3.05, 3.63) is 84.1 Å². The fourth-order valence-electron chi connectivity index (χ4n) is 3.00. The second-order valence-corrected chi connectivity index (χ2v) is 8.67. The van der Waals surface area contributed by atoms with Crippen molar-refractivity contribution in [1.29, 1.82) is 0 Å². The number of rotatable bonds is 9. The third kappa shape index (κ3) is 5.83. The van der Waals surface area contributed by atoms with E-state index in [0.29, 0.717) is 35.1 Å². The lowest BCUT2D eigenvalue weighted by Crippen LogP contribution is -2.38. The van der Waals surface area contributed by atoms with E-state index >= 15 is 0 Å². The van der Waals surface area contributed by atoms with Crippen molar-refractivity contribution in [3.63, 3.8) is 0 Å². The molecule has 3 heterocycles. The van der Waals surface area contributed by atoms with Crippen LogP contribution in [0, 0.1) is 5.82 Å². The van der Waals surface area contributed by atoms with E-state index in [1.54, 1.807) is 36.7 Å². The Hall–Kier alpha value is -3.63. The summed E-state index contributed by atoms with van der Waals surface area (Å²) in [4.78, 5) is 13.7. The Morgan fingerprint density at radius 2 is 2.00 bits per heavy atom. The van der Waals surface area contributed by atoms with Crippen LogP contribution in [0.25, 0.3) is 11.3 Å². The number of nitrogens with zero attached hydrogens (tertiary/aromatic N) is 3. The Balaban J connectivity index is 1.43. The van der Waals surface area contributed by atoms with Crippen molar-refractivity contribution in [2.75, 3.05) is 12.8 Å². The van der Waals surface area contributed by atoms with Gasteiger partial charge >= 0.3 is 7.82 Å². The molecule has 0 aliphatic heterocycles. The van der Waals surface area contributed by atoms with E-state index in [1.165, 1.54) is 28.8 Å². The largest absolute Gasteiger partial charge is 0.475 e. The quantitative estimate of drug-likeness (QED) is 0.267. The molecule has 3 N–H and O–H groups in total. The molecule has 0 spiro atoms. The van der Waals surface area contributed by atoms with Crippen molar-refractivity contribution in [1.82, 2.24) is 10.1 Å². The van der Waals surface area contributed by atoms with E-state index in [-0.39, 0.29) is 18.4 Å². The van der Waals surface area contributed by atoms with Gasteiger partial charge in [-0.05, 0) is 42.0 Å². The molecule has 0 fully saturated rings. The fraction of sp³-hybridized carbons (Fsp3) is 0.136. The maximum absolute atomic E-state index is 13.0. The van der Waals surface area contributed by atoms with Gasteiger partial charge in [-0.3, -0.25) is 10.3 Å². The second kappa shape index (κ2) is 10.1. The van der Waals surface area contributed by atoms with Gasteiger partial charge in [0.2, 0.25) is 12.6 Å². The summed E-state index contributed by atoms with van der Waals surface area (Å²) in [5, 5.41) is 4.09. The highest BCUT2D eigenvalue weighted by molar-refractivity contribution is 7.47. The van der Waals surface area contributed by atoms with Crippen LogP contribution in [-0.4, -0.2) is 22.1 Å². The van der Waals surface area contributed by atoms with E-state index < -0.39 is 7.82 Å². The minimum absolute atomic E-state index is 0.255. The zero-order valence-electron chi connectivity index (χ0n) is 18.0. The molecule has 10 nitrogen and oxygen atoms in total. The molecule has 0 aliphatic carbocycles. The van der Waals surface area contributed by atoms with Crippen LogP contribution in [0.2, 0.25) is 0 Å². The van der Waals surface area contributed by atoms with Gasteiger partial charge in [-0.25, -0.2) is 23.0 Å².